The Hall–Kier alpha value is -1.40. The van der Waals surface area contributed by atoms with Gasteiger partial charge in [-0.2, -0.15) is 0 Å². The molecule has 0 unspecified atom stereocenters. The van der Waals surface area contributed by atoms with Crippen molar-refractivity contribution in [3.05, 3.63) is 33.9 Å². The third kappa shape index (κ3) is 1.91. The SMILES string of the molecule is Cc1cc(CN=C=O)c(C)c(C)c1C. The van der Waals surface area contributed by atoms with E-state index in [9.17, 15) is 4.79 Å². The highest BCUT2D eigenvalue weighted by Gasteiger charge is 2.05. The van der Waals surface area contributed by atoms with Gasteiger partial charge in [0.25, 0.3) is 0 Å². The van der Waals surface area contributed by atoms with Gasteiger partial charge >= 0.3 is 0 Å². The summed E-state index contributed by atoms with van der Waals surface area (Å²) < 4.78 is 0. The molecule has 0 aliphatic rings. The second kappa shape index (κ2) is 4.21. The van der Waals surface area contributed by atoms with Crippen LogP contribution in [0.25, 0.3) is 0 Å². The summed E-state index contributed by atoms with van der Waals surface area (Å²) >= 11 is 0. The van der Waals surface area contributed by atoms with Crippen LogP contribution < -0.4 is 0 Å². The summed E-state index contributed by atoms with van der Waals surface area (Å²) in [6.07, 6.45) is 1.57. The van der Waals surface area contributed by atoms with Crippen molar-refractivity contribution >= 4 is 6.08 Å². The average molecular weight is 189 g/mol. The molecule has 0 heterocycles. The first-order chi connectivity index (χ1) is 6.57. The number of hydrogen-bond donors (Lipinski definition) is 0. The molecule has 14 heavy (non-hydrogen) atoms. The van der Waals surface area contributed by atoms with E-state index in [4.69, 9.17) is 0 Å². The standard InChI is InChI=1S/C12H15NO/c1-8-5-12(6-13-7-14)11(4)10(3)9(8)2/h5H,6H2,1-4H3. The predicted molar refractivity (Wildman–Crippen MR) is 57.2 cm³/mol. The van der Waals surface area contributed by atoms with E-state index in [2.05, 4.69) is 38.8 Å². The van der Waals surface area contributed by atoms with Crippen LogP contribution in [0, 0.1) is 27.7 Å². The quantitative estimate of drug-likeness (QED) is 0.519. The first-order valence-corrected chi connectivity index (χ1v) is 4.67. The molecule has 74 valence electrons. The molecule has 0 saturated heterocycles. The average Bonchev–Trinajstić information content (AvgIpc) is 2.18. The third-order valence-corrected chi connectivity index (χ3v) is 2.90. The monoisotopic (exact) mass is 189 g/mol. The Morgan fingerprint density at radius 1 is 1.14 bits per heavy atom. The fourth-order valence-electron chi connectivity index (χ4n) is 1.58. The van der Waals surface area contributed by atoms with Crippen LogP contribution in [-0.4, -0.2) is 6.08 Å². The molecule has 2 nitrogen and oxygen atoms in total. The molecule has 2 heteroatoms. The molecule has 0 bridgehead atoms. The van der Waals surface area contributed by atoms with Gasteiger partial charge in [-0.15, -0.1) is 0 Å². The lowest BCUT2D eigenvalue weighted by Gasteiger charge is -2.12. The van der Waals surface area contributed by atoms with Gasteiger partial charge in [-0.1, -0.05) is 6.07 Å². The van der Waals surface area contributed by atoms with Crippen molar-refractivity contribution in [2.24, 2.45) is 4.99 Å². The number of hydrogen-bond acceptors (Lipinski definition) is 2. The van der Waals surface area contributed by atoms with Crippen molar-refractivity contribution in [2.75, 3.05) is 0 Å². The highest BCUT2D eigenvalue weighted by molar-refractivity contribution is 5.44. The van der Waals surface area contributed by atoms with Crippen molar-refractivity contribution < 1.29 is 4.79 Å². The second-order valence-electron chi connectivity index (χ2n) is 3.64. The molecule has 1 aromatic carbocycles. The number of benzene rings is 1. The van der Waals surface area contributed by atoms with Crippen LogP contribution >= 0.6 is 0 Å². The summed E-state index contributed by atoms with van der Waals surface area (Å²) in [7, 11) is 0. The van der Waals surface area contributed by atoms with Gasteiger partial charge in [0.15, 0.2) is 0 Å². The minimum atomic E-state index is 0.442. The van der Waals surface area contributed by atoms with E-state index in [0.717, 1.165) is 5.56 Å². The van der Waals surface area contributed by atoms with Gasteiger partial charge in [-0.05, 0) is 55.5 Å². The van der Waals surface area contributed by atoms with Gasteiger partial charge in [0, 0.05) is 0 Å². The van der Waals surface area contributed by atoms with Crippen LogP contribution in [0.4, 0.5) is 0 Å². The molecule has 0 spiro atoms. The zero-order valence-corrected chi connectivity index (χ0v) is 9.14. The van der Waals surface area contributed by atoms with E-state index in [1.54, 1.807) is 6.08 Å². The fourth-order valence-corrected chi connectivity index (χ4v) is 1.58. The number of rotatable bonds is 2. The Bertz CT molecular complexity index is 401. The fraction of sp³-hybridized carbons (Fsp3) is 0.417. The normalized spacial score (nSPS) is 9.71. The number of carbonyl (C=O) groups excluding carboxylic acids is 1. The van der Waals surface area contributed by atoms with E-state index in [1.165, 1.54) is 22.3 Å². The number of aryl methyl sites for hydroxylation is 1. The Labute approximate surface area is 84.7 Å². The zero-order valence-electron chi connectivity index (χ0n) is 9.14. The van der Waals surface area contributed by atoms with Crippen molar-refractivity contribution in [2.45, 2.75) is 34.2 Å². The molecule has 1 rings (SSSR count). The molecule has 0 radical (unpaired) electrons. The van der Waals surface area contributed by atoms with Crippen molar-refractivity contribution in [3.63, 3.8) is 0 Å². The van der Waals surface area contributed by atoms with Crippen molar-refractivity contribution in [3.8, 4) is 0 Å². The van der Waals surface area contributed by atoms with E-state index in [-0.39, 0.29) is 0 Å². The smallest absolute Gasteiger partial charge is 0.211 e. The minimum absolute atomic E-state index is 0.442. The topological polar surface area (TPSA) is 29.4 Å². The summed E-state index contributed by atoms with van der Waals surface area (Å²) in [5.74, 6) is 0. The Kier molecular flexibility index (Phi) is 3.21. The molecule has 1 aromatic rings. The van der Waals surface area contributed by atoms with Crippen LogP contribution in [0.5, 0.6) is 0 Å². The first kappa shape index (κ1) is 10.7. The van der Waals surface area contributed by atoms with Gasteiger partial charge in [0.1, 0.15) is 0 Å². The third-order valence-electron chi connectivity index (χ3n) is 2.90. The molecular formula is C12H15NO. The van der Waals surface area contributed by atoms with E-state index >= 15 is 0 Å². The molecule has 0 fully saturated rings. The second-order valence-corrected chi connectivity index (χ2v) is 3.64. The first-order valence-electron chi connectivity index (χ1n) is 4.67. The van der Waals surface area contributed by atoms with Crippen LogP contribution in [0.1, 0.15) is 27.8 Å². The Morgan fingerprint density at radius 2 is 1.79 bits per heavy atom. The summed E-state index contributed by atoms with van der Waals surface area (Å²) in [5, 5.41) is 0. The van der Waals surface area contributed by atoms with Crippen LogP contribution in [0.15, 0.2) is 11.1 Å². The molecular weight excluding hydrogens is 174 g/mol. The minimum Gasteiger partial charge on any atom is -0.211 e. The molecule has 0 aromatic heterocycles. The summed E-state index contributed by atoms with van der Waals surface area (Å²) in [6.45, 7) is 8.81. The summed E-state index contributed by atoms with van der Waals surface area (Å²) in [5.41, 5.74) is 6.22. The van der Waals surface area contributed by atoms with E-state index in [1.807, 2.05) is 0 Å². The van der Waals surface area contributed by atoms with Gasteiger partial charge in [0.05, 0.1) is 6.54 Å². The van der Waals surface area contributed by atoms with Gasteiger partial charge in [-0.3, -0.25) is 0 Å². The maximum Gasteiger partial charge on any atom is 0.235 e. The number of nitrogens with zero attached hydrogens (tertiary/aromatic N) is 1. The van der Waals surface area contributed by atoms with Crippen molar-refractivity contribution in [1.29, 1.82) is 0 Å². The molecule has 0 aliphatic heterocycles. The van der Waals surface area contributed by atoms with E-state index < -0.39 is 0 Å². The van der Waals surface area contributed by atoms with Crippen LogP contribution in [0.2, 0.25) is 0 Å². The van der Waals surface area contributed by atoms with Gasteiger partial charge in [-0.25, -0.2) is 9.79 Å². The number of aliphatic imine (C=N–C) groups is 1. The highest BCUT2D eigenvalue weighted by Crippen LogP contribution is 2.21. The van der Waals surface area contributed by atoms with Crippen LogP contribution in [-0.2, 0) is 11.3 Å². The highest BCUT2D eigenvalue weighted by atomic mass is 16.1. The van der Waals surface area contributed by atoms with E-state index in [0.29, 0.717) is 6.54 Å². The Morgan fingerprint density at radius 3 is 2.36 bits per heavy atom. The van der Waals surface area contributed by atoms with Gasteiger partial charge in [0.2, 0.25) is 6.08 Å². The molecule has 0 amide bonds. The lowest BCUT2D eigenvalue weighted by atomic mass is 9.95. The Balaban J connectivity index is 3.25. The maximum atomic E-state index is 10.0. The molecule has 0 saturated carbocycles. The molecule has 0 aliphatic carbocycles. The van der Waals surface area contributed by atoms with Gasteiger partial charge < -0.3 is 0 Å². The summed E-state index contributed by atoms with van der Waals surface area (Å²) in [6, 6.07) is 2.10. The zero-order chi connectivity index (χ0) is 10.7. The molecule has 0 atom stereocenters. The predicted octanol–water partition coefficient (Wildman–Crippen LogP) is 2.76. The van der Waals surface area contributed by atoms with Crippen LogP contribution in [0.3, 0.4) is 0 Å². The number of isocyanates is 1. The van der Waals surface area contributed by atoms with Crippen molar-refractivity contribution in [1.82, 2.24) is 0 Å². The lowest BCUT2D eigenvalue weighted by molar-refractivity contribution is 0.562. The maximum absolute atomic E-state index is 10.0. The lowest BCUT2D eigenvalue weighted by Crippen LogP contribution is -1.96. The summed E-state index contributed by atoms with van der Waals surface area (Å²) in [4.78, 5) is 13.6. The molecule has 0 N–H and O–H groups in total. The largest absolute Gasteiger partial charge is 0.235 e.